The average Bonchev–Trinajstić information content (AvgIpc) is 2.65. The summed E-state index contributed by atoms with van der Waals surface area (Å²) < 4.78 is 6.00. The molecule has 1 aliphatic heterocycles. The molecule has 1 aromatic carbocycles. The minimum Gasteiger partial charge on any atom is -0.489 e. The molecular formula is C22H38IN5O2. The van der Waals surface area contributed by atoms with Gasteiger partial charge in [0.05, 0.1) is 13.1 Å². The van der Waals surface area contributed by atoms with E-state index < -0.39 is 0 Å². The number of nitrogens with zero attached hydrogens (tertiary/aromatic N) is 3. The number of nitrogens with one attached hydrogen (secondary N) is 2. The molecule has 1 amide bonds. The van der Waals surface area contributed by atoms with Crippen LogP contribution in [0.3, 0.4) is 0 Å². The molecule has 0 radical (unpaired) electrons. The third kappa shape index (κ3) is 9.51. The van der Waals surface area contributed by atoms with Gasteiger partial charge < -0.3 is 20.3 Å². The van der Waals surface area contributed by atoms with Crippen LogP contribution in [0.5, 0.6) is 5.75 Å². The molecule has 1 heterocycles. The predicted octanol–water partition coefficient (Wildman–Crippen LogP) is 2.49. The summed E-state index contributed by atoms with van der Waals surface area (Å²) in [6.45, 7) is 15.4. The molecule has 0 aliphatic carbocycles. The Morgan fingerprint density at radius 1 is 1.20 bits per heavy atom. The van der Waals surface area contributed by atoms with Gasteiger partial charge in [-0.25, -0.2) is 4.99 Å². The second-order valence-corrected chi connectivity index (χ2v) is 7.93. The fourth-order valence-corrected chi connectivity index (χ4v) is 3.29. The van der Waals surface area contributed by atoms with Crippen molar-refractivity contribution in [3.05, 3.63) is 29.8 Å². The summed E-state index contributed by atoms with van der Waals surface area (Å²) in [7, 11) is 0. The van der Waals surface area contributed by atoms with Crippen molar-refractivity contribution in [2.75, 3.05) is 45.8 Å². The van der Waals surface area contributed by atoms with Crippen LogP contribution in [0.15, 0.2) is 29.3 Å². The van der Waals surface area contributed by atoms with Crippen LogP contribution < -0.4 is 15.4 Å². The highest BCUT2D eigenvalue weighted by molar-refractivity contribution is 14.0. The van der Waals surface area contributed by atoms with Crippen molar-refractivity contribution in [1.29, 1.82) is 0 Å². The fourth-order valence-electron chi connectivity index (χ4n) is 3.29. The molecule has 30 heavy (non-hydrogen) atoms. The lowest BCUT2D eigenvalue weighted by Crippen LogP contribution is -2.54. The zero-order chi connectivity index (χ0) is 21.2. The molecule has 1 aliphatic rings. The van der Waals surface area contributed by atoms with Gasteiger partial charge in [-0.2, -0.15) is 0 Å². The van der Waals surface area contributed by atoms with Gasteiger partial charge in [-0.15, -0.1) is 24.0 Å². The maximum absolute atomic E-state index is 12.0. The number of aliphatic imine (C=N–C) groups is 1. The van der Waals surface area contributed by atoms with Crippen LogP contribution in [0.25, 0.3) is 0 Å². The molecule has 2 rings (SSSR count). The van der Waals surface area contributed by atoms with Gasteiger partial charge in [0, 0.05) is 38.8 Å². The maximum atomic E-state index is 12.0. The first kappa shape index (κ1) is 26.5. The van der Waals surface area contributed by atoms with E-state index in [1.165, 1.54) is 5.56 Å². The number of guanidine groups is 1. The highest BCUT2D eigenvalue weighted by atomic mass is 127. The smallest absolute Gasteiger partial charge is 0.234 e. The third-order valence-corrected chi connectivity index (χ3v) is 4.65. The number of hydrogen-bond acceptors (Lipinski definition) is 4. The molecule has 2 N–H and O–H groups in total. The minimum absolute atomic E-state index is 0. The summed E-state index contributed by atoms with van der Waals surface area (Å²) in [5.41, 5.74) is 1.19. The Bertz CT molecular complexity index is 675. The van der Waals surface area contributed by atoms with Crippen molar-refractivity contribution in [3.8, 4) is 5.75 Å². The van der Waals surface area contributed by atoms with Crippen LogP contribution in [-0.4, -0.2) is 79.6 Å². The fraction of sp³-hybridized carbons (Fsp3) is 0.636. The highest BCUT2D eigenvalue weighted by Gasteiger charge is 2.21. The number of hydrogen-bond donors (Lipinski definition) is 2. The van der Waals surface area contributed by atoms with E-state index in [0.717, 1.165) is 44.4 Å². The number of benzene rings is 1. The van der Waals surface area contributed by atoms with E-state index in [2.05, 4.69) is 40.3 Å². The monoisotopic (exact) mass is 531 g/mol. The van der Waals surface area contributed by atoms with Crippen molar-refractivity contribution in [3.63, 3.8) is 0 Å². The Morgan fingerprint density at radius 2 is 1.90 bits per heavy atom. The molecule has 1 unspecified atom stereocenters. The molecule has 0 spiro atoms. The molecule has 0 aromatic heterocycles. The topological polar surface area (TPSA) is 69.2 Å². The van der Waals surface area contributed by atoms with Gasteiger partial charge in [0.25, 0.3) is 0 Å². The lowest BCUT2D eigenvalue weighted by atomic mass is 10.2. The zero-order valence-corrected chi connectivity index (χ0v) is 21.3. The molecule has 0 bridgehead atoms. The van der Waals surface area contributed by atoms with Crippen LogP contribution in [-0.2, 0) is 4.79 Å². The zero-order valence-electron chi connectivity index (χ0n) is 19.0. The van der Waals surface area contributed by atoms with E-state index in [0.29, 0.717) is 13.1 Å². The average molecular weight is 531 g/mol. The van der Waals surface area contributed by atoms with Gasteiger partial charge in [0.2, 0.25) is 5.91 Å². The number of piperazine rings is 1. The standard InChI is InChI=1S/C22H37N5O2.HI/c1-6-23-22(24-15-19(5)29-20-9-7-8-18(4)14-20)27-12-10-26(11-13-27)16-21(28)25-17(2)3;/h7-9,14,17,19H,6,10-13,15-16H2,1-5H3,(H,23,24)(H,25,28);1H. The summed E-state index contributed by atoms with van der Waals surface area (Å²) in [6.07, 6.45) is -0.00789. The molecule has 1 atom stereocenters. The van der Waals surface area contributed by atoms with E-state index in [9.17, 15) is 4.79 Å². The summed E-state index contributed by atoms with van der Waals surface area (Å²) in [5, 5.41) is 6.34. The number of rotatable bonds is 8. The number of amides is 1. The largest absolute Gasteiger partial charge is 0.489 e. The van der Waals surface area contributed by atoms with Crippen LogP contribution in [0.1, 0.15) is 33.3 Å². The Morgan fingerprint density at radius 3 is 2.50 bits per heavy atom. The summed E-state index contributed by atoms with van der Waals surface area (Å²) in [6, 6.07) is 8.27. The first-order valence-electron chi connectivity index (χ1n) is 10.7. The van der Waals surface area contributed by atoms with Gasteiger partial charge in [0.15, 0.2) is 5.96 Å². The highest BCUT2D eigenvalue weighted by Crippen LogP contribution is 2.14. The Labute approximate surface area is 198 Å². The lowest BCUT2D eigenvalue weighted by molar-refractivity contribution is -0.123. The van der Waals surface area contributed by atoms with Crippen molar-refractivity contribution in [1.82, 2.24) is 20.4 Å². The van der Waals surface area contributed by atoms with E-state index >= 15 is 0 Å². The second-order valence-electron chi connectivity index (χ2n) is 7.93. The first-order valence-corrected chi connectivity index (χ1v) is 10.7. The number of aryl methyl sites for hydroxylation is 1. The predicted molar refractivity (Wildman–Crippen MR) is 134 cm³/mol. The number of ether oxygens (including phenoxy) is 1. The quantitative estimate of drug-likeness (QED) is 0.307. The molecule has 1 fully saturated rings. The summed E-state index contributed by atoms with van der Waals surface area (Å²) in [5.74, 6) is 1.89. The van der Waals surface area contributed by atoms with E-state index in [-0.39, 0.29) is 42.0 Å². The maximum Gasteiger partial charge on any atom is 0.234 e. The van der Waals surface area contributed by atoms with Crippen LogP contribution in [0, 0.1) is 6.92 Å². The van der Waals surface area contributed by atoms with Gasteiger partial charge in [-0.05, 0) is 52.3 Å². The van der Waals surface area contributed by atoms with Gasteiger partial charge >= 0.3 is 0 Å². The Hall–Kier alpha value is -1.55. The summed E-state index contributed by atoms with van der Waals surface area (Å²) >= 11 is 0. The van der Waals surface area contributed by atoms with Crippen LogP contribution in [0.4, 0.5) is 0 Å². The molecule has 1 saturated heterocycles. The van der Waals surface area contributed by atoms with Crippen molar-refractivity contribution >= 4 is 35.8 Å². The van der Waals surface area contributed by atoms with Crippen LogP contribution in [0.2, 0.25) is 0 Å². The van der Waals surface area contributed by atoms with Crippen LogP contribution >= 0.6 is 24.0 Å². The Kier molecular flexibility index (Phi) is 12.1. The number of halogens is 1. The molecule has 8 heteroatoms. The van der Waals surface area contributed by atoms with Gasteiger partial charge in [-0.1, -0.05) is 12.1 Å². The Balaban J connectivity index is 0.00000450. The van der Waals surface area contributed by atoms with E-state index in [4.69, 9.17) is 9.73 Å². The lowest BCUT2D eigenvalue weighted by Gasteiger charge is -2.36. The molecule has 170 valence electrons. The first-order chi connectivity index (χ1) is 13.9. The molecular weight excluding hydrogens is 493 g/mol. The van der Waals surface area contributed by atoms with Gasteiger partial charge in [0.1, 0.15) is 11.9 Å². The normalized spacial score (nSPS) is 16.1. The van der Waals surface area contributed by atoms with Crippen molar-refractivity contribution < 1.29 is 9.53 Å². The van der Waals surface area contributed by atoms with Crippen molar-refractivity contribution in [2.45, 2.75) is 46.8 Å². The van der Waals surface area contributed by atoms with Crippen molar-refractivity contribution in [2.24, 2.45) is 4.99 Å². The summed E-state index contributed by atoms with van der Waals surface area (Å²) in [4.78, 5) is 21.2. The SMILES string of the molecule is CCNC(=NCC(C)Oc1cccc(C)c1)N1CCN(CC(=O)NC(C)C)CC1.I. The number of carbonyl (C=O) groups excluding carboxylic acids is 1. The molecule has 1 aromatic rings. The molecule has 0 saturated carbocycles. The third-order valence-electron chi connectivity index (χ3n) is 4.65. The molecule has 7 nitrogen and oxygen atoms in total. The number of carbonyl (C=O) groups is 1. The minimum atomic E-state index is -0.00789. The van der Waals surface area contributed by atoms with Gasteiger partial charge in [-0.3, -0.25) is 9.69 Å². The second kappa shape index (κ2) is 13.7. The van der Waals surface area contributed by atoms with E-state index in [1.807, 2.05) is 39.0 Å². The van der Waals surface area contributed by atoms with E-state index in [1.54, 1.807) is 0 Å².